The van der Waals surface area contributed by atoms with Crippen molar-refractivity contribution in [2.45, 2.75) is 31.6 Å². The highest BCUT2D eigenvalue weighted by Gasteiger charge is 2.56. The first-order valence-corrected chi connectivity index (χ1v) is 4.16. The van der Waals surface area contributed by atoms with Gasteiger partial charge in [-0.25, -0.2) is 8.78 Å². The average molecular weight is 232 g/mol. The molecule has 1 rings (SSSR count). The Balaban J connectivity index is 0.00000169. The second-order valence-electron chi connectivity index (χ2n) is 3.50. The van der Waals surface area contributed by atoms with Crippen molar-refractivity contribution in [3.05, 3.63) is 0 Å². The summed E-state index contributed by atoms with van der Waals surface area (Å²) in [7, 11) is 2.41. The van der Waals surface area contributed by atoms with Gasteiger partial charge in [0.15, 0.2) is 0 Å². The third-order valence-corrected chi connectivity index (χ3v) is 2.60. The Labute approximate surface area is 88.3 Å². The Morgan fingerprint density at radius 2 is 1.57 bits per heavy atom. The second-order valence-corrected chi connectivity index (χ2v) is 3.50. The molecule has 1 aliphatic rings. The van der Waals surface area contributed by atoms with Crippen LogP contribution >= 0.6 is 12.4 Å². The zero-order valence-electron chi connectivity index (χ0n) is 8.20. The zero-order chi connectivity index (χ0) is 10.1. The molecule has 1 fully saturated rings. The smallest absolute Gasteiger partial charge is 0.209 e. The predicted molar refractivity (Wildman–Crippen MR) is 50.7 cm³/mol. The van der Waals surface area contributed by atoms with E-state index in [0.717, 1.165) is 0 Å². The van der Waals surface area contributed by atoms with Gasteiger partial charge in [-0.1, -0.05) is 0 Å². The van der Waals surface area contributed by atoms with Gasteiger partial charge >= 0.3 is 0 Å². The molecular weight excluding hydrogens is 216 g/mol. The molecular formula is C8H16ClF2NO2. The number of nitrogens with two attached hydrogens (primary N) is 1. The zero-order valence-corrected chi connectivity index (χ0v) is 9.02. The van der Waals surface area contributed by atoms with Crippen molar-refractivity contribution < 1.29 is 18.3 Å². The van der Waals surface area contributed by atoms with E-state index >= 15 is 0 Å². The summed E-state index contributed by atoms with van der Waals surface area (Å²) < 4.78 is 35.5. The molecule has 0 aromatic carbocycles. The Bertz CT molecular complexity index is 167. The fourth-order valence-corrected chi connectivity index (χ4v) is 1.86. The molecule has 2 N–H and O–H groups in total. The van der Waals surface area contributed by atoms with Crippen LogP contribution in [0.3, 0.4) is 0 Å². The Kier molecular flexibility index (Phi) is 5.22. The van der Waals surface area contributed by atoms with Crippen molar-refractivity contribution in [2.24, 2.45) is 11.1 Å². The number of rotatable bonds is 4. The molecule has 2 unspecified atom stereocenters. The van der Waals surface area contributed by atoms with Gasteiger partial charge in [0.05, 0.1) is 5.41 Å². The summed E-state index contributed by atoms with van der Waals surface area (Å²) in [6.45, 7) is 0. The van der Waals surface area contributed by atoms with E-state index in [1.807, 2.05) is 0 Å². The largest absolute Gasteiger partial charge is 0.351 e. The van der Waals surface area contributed by atoms with E-state index in [1.165, 1.54) is 14.2 Å². The fourth-order valence-electron chi connectivity index (χ4n) is 1.86. The number of hydrogen-bond donors (Lipinski definition) is 1. The lowest BCUT2D eigenvalue weighted by Crippen LogP contribution is -2.57. The first-order valence-electron chi connectivity index (χ1n) is 4.16. The van der Waals surface area contributed by atoms with Crippen LogP contribution in [-0.4, -0.2) is 33.0 Å². The first-order chi connectivity index (χ1) is 6.06. The highest BCUT2D eigenvalue weighted by Crippen LogP contribution is 2.49. The molecule has 0 saturated heterocycles. The molecule has 2 atom stereocenters. The minimum atomic E-state index is -1.65. The van der Waals surface area contributed by atoms with E-state index in [0.29, 0.717) is 0 Å². The molecule has 14 heavy (non-hydrogen) atoms. The van der Waals surface area contributed by atoms with E-state index in [2.05, 4.69) is 9.47 Å². The second kappa shape index (κ2) is 5.21. The van der Waals surface area contributed by atoms with Crippen molar-refractivity contribution >= 4 is 12.4 Å². The van der Waals surface area contributed by atoms with Crippen LogP contribution in [-0.2, 0) is 9.47 Å². The summed E-state index contributed by atoms with van der Waals surface area (Å²) in [5.41, 5.74) is 4.30. The van der Waals surface area contributed by atoms with Gasteiger partial charge in [0.25, 0.3) is 0 Å². The van der Waals surface area contributed by atoms with Gasteiger partial charge in [-0.15, -0.1) is 12.4 Å². The van der Waals surface area contributed by atoms with Gasteiger partial charge in [0.1, 0.15) is 0 Å². The molecule has 1 aliphatic carbocycles. The predicted octanol–water partition coefficient (Wildman–Crippen LogP) is 1.40. The maximum absolute atomic E-state index is 13.2. The average Bonchev–Trinajstić information content (AvgIpc) is 2.09. The summed E-state index contributed by atoms with van der Waals surface area (Å²) in [4.78, 5) is 0. The molecule has 0 radical (unpaired) electrons. The maximum atomic E-state index is 13.2. The van der Waals surface area contributed by atoms with Gasteiger partial charge in [-0.3, -0.25) is 0 Å². The van der Waals surface area contributed by atoms with E-state index < -0.39 is 18.1 Å². The van der Waals surface area contributed by atoms with Gasteiger partial charge in [-0.05, 0) is 12.8 Å². The van der Waals surface area contributed by atoms with Gasteiger partial charge < -0.3 is 15.2 Å². The molecule has 0 amide bonds. The van der Waals surface area contributed by atoms with Crippen molar-refractivity contribution in [1.82, 2.24) is 0 Å². The number of halogens is 3. The van der Waals surface area contributed by atoms with E-state index in [-0.39, 0.29) is 31.3 Å². The lowest BCUT2D eigenvalue weighted by molar-refractivity contribution is -0.236. The summed E-state index contributed by atoms with van der Waals surface area (Å²) >= 11 is 0. The lowest BCUT2D eigenvalue weighted by Gasteiger charge is -2.48. The summed E-state index contributed by atoms with van der Waals surface area (Å²) in [5, 5.41) is 0. The standard InChI is InChI=1S/C8H15F2NO2.ClH/c1-12-6(9)8(7(10)13-2)3-5(11)4-8;/h5-7H,3-4,11H2,1-2H3;1H. The molecule has 0 aliphatic heterocycles. The van der Waals surface area contributed by atoms with Crippen LogP contribution in [0.1, 0.15) is 12.8 Å². The number of hydrogen-bond acceptors (Lipinski definition) is 3. The van der Waals surface area contributed by atoms with Crippen LogP contribution in [0.25, 0.3) is 0 Å². The molecule has 0 spiro atoms. The lowest BCUT2D eigenvalue weighted by atomic mass is 9.65. The Morgan fingerprint density at radius 3 is 1.79 bits per heavy atom. The van der Waals surface area contributed by atoms with Crippen LogP contribution in [0.5, 0.6) is 0 Å². The van der Waals surface area contributed by atoms with Crippen LogP contribution in [0.2, 0.25) is 0 Å². The Hall–Kier alpha value is 0.0300. The van der Waals surface area contributed by atoms with Gasteiger partial charge in [0.2, 0.25) is 12.7 Å². The topological polar surface area (TPSA) is 44.5 Å². The molecule has 0 heterocycles. The molecule has 86 valence electrons. The Morgan fingerprint density at radius 1 is 1.21 bits per heavy atom. The quantitative estimate of drug-likeness (QED) is 0.796. The third-order valence-electron chi connectivity index (χ3n) is 2.60. The molecule has 1 saturated carbocycles. The van der Waals surface area contributed by atoms with Crippen LogP contribution in [0, 0.1) is 5.41 Å². The van der Waals surface area contributed by atoms with Crippen LogP contribution < -0.4 is 5.73 Å². The van der Waals surface area contributed by atoms with E-state index in [1.54, 1.807) is 0 Å². The monoisotopic (exact) mass is 231 g/mol. The summed E-state index contributed by atoms with van der Waals surface area (Å²) in [6, 6.07) is -0.151. The summed E-state index contributed by atoms with van der Waals surface area (Å²) in [6.07, 6.45) is -2.78. The fraction of sp³-hybridized carbons (Fsp3) is 1.00. The van der Waals surface area contributed by atoms with Crippen molar-refractivity contribution in [1.29, 1.82) is 0 Å². The number of methoxy groups -OCH3 is 2. The van der Waals surface area contributed by atoms with Crippen LogP contribution in [0.15, 0.2) is 0 Å². The summed E-state index contributed by atoms with van der Waals surface area (Å²) in [5.74, 6) is 0. The number of alkyl halides is 2. The first kappa shape index (κ1) is 14.0. The maximum Gasteiger partial charge on any atom is 0.209 e. The van der Waals surface area contributed by atoms with Crippen molar-refractivity contribution in [2.75, 3.05) is 14.2 Å². The highest BCUT2D eigenvalue weighted by molar-refractivity contribution is 5.85. The minimum Gasteiger partial charge on any atom is -0.351 e. The van der Waals surface area contributed by atoms with Crippen LogP contribution in [0.4, 0.5) is 8.78 Å². The normalized spacial score (nSPS) is 35.4. The number of ether oxygens (including phenoxy) is 2. The SMILES string of the molecule is COC(F)C1(C(F)OC)CC(N)C1.Cl. The molecule has 3 nitrogen and oxygen atoms in total. The van der Waals surface area contributed by atoms with Crippen molar-refractivity contribution in [3.63, 3.8) is 0 Å². The van der Waals surface area contributed by atoms with E-state index in [9.17, 15) is 8.78 Å². The third kappa shape index (κ3) is 2.16. The minimum absolute atomic E-state index is 0. The molecule has 0 bridgehead atoms. The van der Waals surface area contributed by atoms with Gasteiger partial charge in [-0.2, -0.15) is 0 Å². The molecule has 0 aromatic heterocycles. The molecule has 0 aromatic rings. The van der Waals surface area contributed by atoms with E-state index in [4.69, 9.17) is 5.73 Å². The van der Waals surface area contributed by atoms with Crippen molar-refractivity contribution in [3.8, 4) is 0 Å². The highest BCUT2D eigenvalue weighted by atomic mass is 35.5. The van der Waals surface area contributed by atoms with Gasteiger partial charge in [0, 0.05) is 20.3 Å². The molecule has 6 heteroatoms.